The lowest BCUT2D eigenvalue weighted by molar-refractivity contribution is 0.0665. The molecule has 0 amide bonds. The first-order valence-corrected chi connectivity index (χ1v) is 9.39. The van der Waals surface area contributed by atoms with E-state index < -0.39 is 11.5 Å². The van der Waals surface area contributed by atoms with Gasteiger partial charge in [0.25, 0.3) is 0 Å². The minimum Gasteiger partial charge on any atom is -0.392 e. The number of benzene rings is 2. The minimum absolute atomic E-state index is 0.376. The zero-order valence-electron chi connectivity index (χ0n) is 16.3. The molecule has 0 saturated heterocycles. The number of hydrogen-bond donors (Lipinski definition) is 1. The highest BCUT2D eigenvalue weighted by Crippen LogP contribution is 2.42. The van der Waals surface area contributed by atoms with Crippen LogP contribution in [0.25, 0.3) is 0 Å². The lowest BCUT2D eigenvalue weighted by atomic mass is 9.65. The Morgan fingerprint density at radius 3 is 1.64 bits per heavy atom. The van der Waals surface area contributed by atoms with E-state index in [0.717, 1.165) is 12.8 Å². The van der Waals surface area contributed by atoms with Crippen molar-refractivity contribution in [3.63, 3.8) is 0 Å². The second-order valence-corrected chi connectivity index (χ2v) is 7.61. The largest absolute Gasteiger partial charge is 0.392 e. The Hall–Kier alpha value is -1.64. The molecule has 25 heavy (non-hydrogen) atoms. The van der Waals surface area contributed by atoms with Crippen LogP contribution in [0.2, 0.25) is 0 Å². The molecule has 0 aromatic heterocycles. The van der Waals surface area contributed by atoms with E-state index >= 15 is 0 Å². The lowest BCUT2D eigenvalue weighted by Gasteiger charge is -2.44. The summed E-state index contributed by atoms with van der Waals surface area (Å²) in [5, 5.41) is 11.3. The molecular formula is C23H33NO. The fourth-order valence-electron chi connectivity index (χ4n) is 4.09. The maximum Gasteiger partial charge on any atom is 0.0675 e. The first kappa shape index (κ1) is 19.7. The van der Waals surface area contributed by atoms with Crippen molar-refractivity contribution in [3.8, 4) is 0 Å². The van der Waals surface area contributed by atoms with Crippen LogP contribution in [0.15, 0.2) is 60.7 Å². The van der Waals surface area contributed by atoms with Gasteiger partial charge in [-0.05, 0) is 44.0 Å². The SMILES string of the molecule is CCC(O)C(CC(C(C)C)N(C)C)(c1ccccc1)c1ccccc1. The Kier molecular flexibility index (Phi) is 6.80. The number of aliphatic hydroxyl groups excluding tert-OH is 1. The van der Waals surface area contributed by atoms with E-state index in [-0.39, 0.29) is 0 Å². The van der Waals surface area contributed by atoms with E-state index in [1.165, 1.54) is 11.1 Å². The molecule has 0 radical (unpaired) electrons. The van der Waals surface area contributed by atoms with Gasteiger partial charge in [-0.1, -0.05) is 81.4 Å². The number of hydrogen-bond acceptors (Lipinski definition) is 2. The molecule has 0 heterocycles. The number of rotatable bonds is 8. The highest BCUT2D eigenvalue weighted by molar-refractivity contribution is 5.41. The van der Waals surface area contributed by atoms with Gasteiger partial charge in [0.15, 0.2) is 0 Å². The van der Waals surface area contributed by atoms with Crippen LogP contribution in [0.1, 0.15) is 44.7 Å². The molecule has 2 aromatic rings. The molecule has 0 aliphatic rings. The molecule has 2 aromatic carbocycles. The molecular weight excluding hydrogens is 306 g/mol. The van der Waals surface area contributed by atoms with Crippen LogP contribution in [0.3, 0.4) is 0 Å². The van der Waals surface area contributed by atoms with Gasteiger partial charge in [0.1, 0.15) is 0 Å². The van der Waals surface area contributed by atoms with Gasteiger partial charge in [-0.3, -0.25) is 0 Å². The normalized spacial score (nSPS) is 14.7. The highest BCUT2D eigenvalue weighted by Gasteiger charge is 2.43. The summed E-state index contributed by atoms with van der Waals surface area (Å²) < 4.78 is 0. The summed E-state index contributed by atoms with van der Waals surface area (Å²) in [5.41, 5.74) is 1.99. The summed E-state index contributed by atoms with van der Waals surface area (Å²) in [6, 6.07) is 21.4. The summed E-state index contributed by atoms with van der Waals surface area (Å²) in [7, 11) is 4.29. The van der Waals surface area contributed by atoms with Crippen LogP contribution in [0.4, 0.5) is 0 Å². The Morgan fingerprint density at radius 2 is 1.32 bits per heavy atom. The molecule has 2 heteroatoms. The third kappa shape index (κ3) is 4.13. The predicted octanol–water partition coefficient (Wildman–Crippen LogP) is 4.72. The van der Waals surface area contributed by atoms with Gasteiger partial charge < -0.3 is 10.0 Å². The summed E-state index contributed by atoms with van der Waals surface area (Å²) in [4.78, 5) is 2.30. The Balaban J connectivity index is 2.67. The van der Waals surface area contributed by atoms with Crippen molar-refractivity contribution in [3.05, 3.63) is 71.8 Å². The molecule has 2 rings (SSSR count). The second kappa shape index (κ2) is 8.64. The van der Waals surface area contributed by atoms with Gasteiger partial charge in [0.05, 0.1) is 6.10 Å². The molecule has 2 unspecified atom stereocenters. The quantitative estimate of drug-likeness (QED) is 0.752. The summed E-state index contributed by atoms with van der Waals surface area (Å²) in [5.74, 6) is 0.505. The van der Waals surface area contributed by atoms with E-state index in [0.29, 0.717) is 12.0 Å². The van der Waals surface area contributed by atoms with Crippen molar-refractivity contribution < 1.29 is 5.11 Å². The molecule has 0 fully saturated rings. The molecule has 2 nitrogen and oxygen atoms in total. The van der Waals surface area contributed by atoms with Crippen LogP contribution in [0.5, 0.6) is 0 Å². The molecule has 1 N–H and O–H groups in total. The van der Waals surface area contributed by atoms with Gasteiger partial charge >= 0.3 is 0 Å². The van der Waals surface area contributed by atoms with Crippen molar-refractivity contribution in [2.45, 2.75) is 51.2 Å². The number of nitrogens with zero attached hydrogens (tertiary/aromatic N) is 1. The zero-order chi connectivity index (χ0) is 18.4. The fourth-order valence-corrected chi connectivity index (χ4v) is 4.09. The Bertz CT molecular complexity index is 574. The molecule has 0 bridgehead atoms. The van der Waals surface area contributed by atoms with Gasteiger partial charge in [-0.15, -0.1) is 0 Å². The monoisotopic (exact) mass is 339 g/mol. The molecule has 136 valence electrons. The van der Waals surface area contributed by atoms with Crippen LogP contribution < -0.4 is 0 Å². The minimum atomic E-state index is -0.432. The summed E-state index contributed by atoms with van der Waals surface area (Å²) in [6.07, 6.45) is 1.18. The summed E-state index contributed by atoms with van der Waals surface area (Å²) in [6.45, 7) is 6.61. The van der Waals surface area contributed by atoms with E-state index in [2.05, 4.69) is 88.3 Å². The number of aliphatic hydroxyl groups is 1. The zero-order valence-corrected chi connectivity index (χ0v) is 16.3. The molecule has 0 spiro atoms. The van der Waals surface area contributed by atoms with Crippen LogP contribution in [0, 0.1) is 5.92 Å². The van der Waals surface area contributed by atoms with Gasteiger partial charge in [0.2, 0.25) is 0 Å². The lowest BCUT2D eigenvalue weighted by Crippen LogP contribution is -2.47. The Labute approximate surface area is 153 Å². The van der Waals surface area contributed by atoms with Crippen molar-refractivity contribution in [2.75, 3.05) is 14.1 Å². The predicted molar refractivity (Wildman–Crippen MR) is 107 cm³/mol. The standard InChI is InChI=1S/C23H33NO/c1-6-22(25)23(19-13-9-7-10-14-19,20-15-11-8-12-16-20)17-21(18(2)3)24(4)5/h7-16,18,21-22,25H,6,17H2,1-5H3. The molecule has 2 atom stereocenters. The van der Waals surface area contributed by atoms with Crippen LogP contribution >= 0.6 is 0 Å². The van der Waals surface area contributed by atoms with E-state index in [1.807, 2.05) is 12.1 Å². The summed E-state index contributed by atoms with van der Waals surface area (Å²) >= 11 is 0. The third-order valence-electron chi connectivity index (χ3n) is 5.50. The van der Waals surface area contributed by atoms with Gasteiger partial charge in [-0.2, -0.15) is 0 Å². The maximum atomic E-state index is 11.3. The van der Waals surface area contributed by atoms with Gasteiger partial charge in [-0.25, -0.2) is 0 Å². The van der Waals surface area contributed by atoms with Crippen LogP contribution in [-0.2, 0) is 5.41 Å². The second-order valence-electron chi connectivity index (χ2n) is 7.61. The molecule has 0 saturated carbocycles. The average molecular weight is 340 g/mol. The fraction of sp³-hybridized carbons (Fsp3) is 0.478. The Morgan fingerprint density at radius 1 is 0.880 bits per heavy atom. The van der Waals surface area contributed by atoms with E-state index in [9.17, 15) is 5.11 Å². The first-order chi connectivity index (χ1) is 11.9. The average Bonchev–Trinajstić information content (AvgIpc) is 2.63. The van der Waals surface area contributed by atoms with Crippen LogP contribution in [-0.4, -0.2) is 36.2 Å². The smallest absolute Gasteiger partial charge is 0.0675 e. The van der Waals surface area contributed by atoms with Crippen molar-refractivity contribution >= 4 is 0 Å². The van der Waals surface area contributed by atoms with Gasteiger partial charge in [0, 0.05) is 11.5 Å². The van der Waals surface area contributed by atoms with E-state index in [1.54, 1.807) is 0 Å². The molecule has 0 aliphatic heterocycles. The highest BCUT2D eigenvalue weighted by atomic mass is 16.3. The molecule has 0 aliphatic carbocycles. The van der Waals surface area contributed by atoms with Crippen molar-refractivity contribution in [2.24, 2.45) is 5.92 Å². The maximum absolute atomic E-state index is 11.3. The van der Waals surface area contributed by atoms with E-state index in [4.69, 9.17) is 0 Å². The van der Waals surface area contributed by atoms with Crippen molar-refractivity contribution in [1.82, 2.24) is 4.90 Å². The van der Waals surface area contributed by atoms with Crippen molar-refractivity contribution in [1.29, 1.82) is 0 Å². The third-order valence-corrected chi connectivity index (χ3v) is 5.50. The topological polar surface area (TPSA) is 23.5 Å². The first-order valence-electron chi connectivity index (χ1n) is 9.39.